The van der Waals surface area contributed by atoms with Gasteiger partial charge in [-0.3, -0.25) is 5.41 Å². The molecule has 0 saturated heterocycles. The van der Waals surface area contributed by atoms with Crippen molar-refractivity contribution in [2.75, 3.05) is 0 Å². The molecule has 1 fully saturated rings. The van der Waals surface area contributed by atoms with Gasteiger partial charge in [-0.15, -0.1) is 0 Å². The number of amidine groups is 1. The summed E-state index contributed by atoms with van der Waals surface area (Å²) in [6, 6.07) is 0. The van der Waals surface area contributed by atoms with Crippen LogP contribution in [0.15, 0.2) is 12.2 Å². The van der Waals surface area contributed by atoms with Gasteiger partial charge in [0.1, 0.15) is 0 Å². The maximum atomic E-state index is 7.12. The van der Waals surface area contributed by atoms with Crippen LogP contribution in [0.5, 0.6) is 0 Å². The van der Waals surface area contributed by atoms with Gasteiger partial charge in [0.15, 0.2) is 5.17 Å². The van der Waals surface area contributed by atoms with Gasteiger partial charge in [-0.25, -0.2) is 0 Å². The van der Waals surface area contributed by atoms with E-state index in [1.54, 1.807) is 0 Å². The third kappa shape index (κ3) is 2.58. The highest BCUT2D eigenvalue weighted by Gasteiger charge is 2.18. The van der Waals surface area contributed by atoms with E-state index in [0.29, 0.717) is 5.25 Å². The molecule has 1 saturated carbocycles. The Hall–Kier alpha value is -0.440. The topological polar surface area (TPSA) is 49.9 Å². The summed E-state index contributed by atoms with van der Waals surface area (Å²) in [5, 5.41) is 7.76. The van der Waals surface area contributed by atoms with Gasteiger partial charge in [-0.1, -0.05) is 30.3 Å². The van der Waals surface area contributed by atoms with Crippen LogP contribution in [-0.2, 0) is 0 Å². The van der Waals surface area contributed by atoms with Crippen LogP contribution in [0, 0.1) is 5.41 Å². The predicted octanol–water partition coefficient (Wildman–Crippen LogP) is 2.11. The molecule has 1 rings (SSSR count). The monoisotopic (exact) mass is 170 g/mol. The van der Waals surface area contributed by atoms with Crippen molar-refractivity contribution in [2.24, 2.45) is 5.73 Å². The number of thioether (sulfide) groups is 1. The first-order valence-electron chi connectivity index (χ1n) is 3.88. The number of nitrogens with two attached hydrogens (primary N) is 1. The highest BCUT2D eigenvalue weighted by Crippen LogP contribution is 2.31. The highest BCUT2D eigenvalue weighted by atomic mass is 32.2. The third-order valence-electron chi connectivity index (χ3n) is 1.94. The maximum absolute atomic E-state index is 7.12. The summed E-state index contributed by atoms with van der Waals surface area (Å²) in [5.41, 5.74) is 6.55. The van der Waals surface area contributed by atoms with E-state index < -0.39 is 0 Å². The summed E-state index contributed by atoms with van der Waals surface area (Å²) in [5.74, 6) is 0. The Bertz CT molecular complexity index is 177. The lowest BCUT2D eigenvalue weighted by Gasteiger charge is -2.22. The van der Waals surface area contributed by atoms with Gasteiger partial charge in [-0.2, -0.15) is 0 Å². The fourth-order valence-corrected chi connectivity index (χ4v) is 2.22. The van der Waals surface area contributed by atoms with Crippen molar-refractivity contribution in [3.63, 3.8) is 0 Å². The number of nitrogens with one attached hydrogen (secondary N) is 1. The Morgan fingerprint density at radius 3 is 2.91 bits per heavy atom. The van der Waals surface area contributed by atoms with Crippen LogP contribution in [0.25, 0.3) is 0 Å². The predicted molar refractivity (Wildman–Crippen MR) is 50.9 cm³/mol. The van der Waals surface area contributed by atoms with E-state index in [1.807, 2.05) is 0 Å². The van der Waals surface area contributed by atoms with E-state index in [9.17, 15) is 0 Å². The van der Waals surface area contributed by atoms with E-state index >= 15 is 0 Å². The molecule has 2 nitrogen and oxygen atoms in total. The summed E-state index contributed by atoms with van der Waals surface area (Å²) in [6.45, 7) is 3.98. The average Bonchev–Trinajstić information content (AvgIpc) is 1.93. The first-order valence-corrected chi connectivity index (χ1v) is 4.76. The van der Waals surface area contributed by atoms with Crippen molar-refractivity contribution in [3.8, 4) is 0 Å². The van der Waals surface area contributed by atoms with Crippen molar-refractivity contribution < 1.29 is 0 Å². The van der Waals surface area contributed by atoms with E-state index in [0.717, 1.165) is 12.8 Å². The minimum Gasteiger partial charge on any atom is -0.379 e. The minimum absolute atomic E-state index is 0.220. The van der Waals surface area contributed by atoms with Gasteiger partial charge < -0.3 is 5.73 Å². The van der Waals surface area contributed by atoms with Crippen LogP contribution < -0.4 is 5.73 Å². The molecule has 1 aliphatic rings. The molecule has 0 aromatic heterocycles. The van der Waals surface area contributed by atoms with E-state index in [2.05, 4.69) is 6.58 Å². The van der Waals surface area contributed by atoms with Crippen LogP contribution in [0.4, 0.5) is 0 Å². The number of hydrogen-bond acceptors (Lipinski definition) is 2. The first-order chi connectivity index (χ1) is 5.20. The van der Waals surface area contributed by atoms with Gasteiger partial charge in [-0.05, 0) is 19.3 Å². The molecule has 11 heavy (non-hydrogen) atoms. The molecule has 3 heteroatoms. The van der Waals surface area contributed by atoms with Gasteiger partial charge in [0.05, 0.1) is 0 Å². The molecule has 0 heterocycles. The highest BCUT2D eigenvalue weighted by molar-refractivity contribution is 8.14. The van der Waals surface area contributed by atoms with E-state index in [4.69, 9.17) is 11.1 Å². The van der Waals surface area contributed by atoms with Crippen molar-refractivity contribution >= 4 is 16.9 Å². The van der Waals surface area contributed by atoms with Gasteiger partial charge in [0.2, 0.25) is 0 Å². The van der Waals surface area contributed by atoms with Crippen LogP contribution >= 0.6 is 11.8 Å². The summed E-state index contributed by atoms with van der Waals surface area (Å²) in [4.78, 5) is 0. The zero-order valence-corrected chi connectivity index (χ0v) is 7.41. The van der Waals surface area contributed by atoms with Gasteiger partial charge in [0.25, 0.3) is 0 Å². The molecule has 0 aromatic carbocycles. The van der Waals surface area contributed by atoms with Crippen molar-refractivity contribution in [2.45, 2.75) is 30.9 Å². The SMILES string of the molecule is C=C1CCCCC1SC(=N)N. The lowest BCUT2D eigenvalue weighted by atomic mass is 9.96. The van der Waals surface area contributed by atoms with E-state index in [-0.39, 0.29) is 5.17 Å². The first kappa shape index (κ1) is 8.65. The summed E-state index contributed by atoms with van der Waals surface area (Å²) < 4.78 is 0. The molecule has 0 spiro atoms. The second kappa shape index (κ2) is 3.81. The molecule has 0 amide bonds. The zero-order valence-electron chi connectivity index (χ0n) is 6.60. The normalized spacial score (nSPS) is 25.1. The molecule has 1 aliphatic carbocycles. The lowest BCUT2D eigenvalue weighted by molar-refractivity contribution is 0.612. The summed E-state index contributed by atoms with van der Waals surface area (Å²) >= 11 is 1.45. The maximum Gasteiger partial charge on any atom is 0.151 e. The van der Waals surface area contributed by atoms with Crippen molar-refractivity contribution in [1.29, 1.82) is 5.41 Å². The van der Waals surface area contributed by atoms with Crippen LogP contribution in [-0.4, -0.2) is 10.4 Å². The second-order valence-electron chi connectivity index (χ2n) is 2.87. The number of rotatable bonds is 1. The summed E-state index contributed by atoms with van der Waals surface area (Å²) in [6.07, 6.45) is 4.77. The smallest absolute Gasteiger partial charge is 0.151 e. The van der Waals surface area contributed by atoms with Crippen molar-refractivity contribution in [1.82, 2.24) is 0 Å². The lowest BCUT2D eigenvalue weighted by Crippen LogP contribution is -2.17. The molecule has 1 atom stereocenters. The van der Waals surface area contributed by atoms with Crippen LogP contribution in [0.2, 0.25) is 0 Å². The second-order valence-corrected chi connectivity index (χ2v) is 4.12. The quantitative estimate of drug-likeness (QED) is 0.360. The molecular weight excluding hydrogens is 156 g/mol. The summed E-state index contributed by atoms with van der Waals surface area (Å²) in [7, 11) is 0. The van der Waals surface area contributed by atoms with Crippen molar-refractivity contribution in [3.05, 3.63) is 12.2 Å². The minimum atomic E-state index is 0.220. The Morgan fingerprint density at radius 1 is 1.64 bits per heavy atom. The zero-order chi connectivity index (χ0) is 8.27. The molecule has 0 aromatic rings. The van der Waals surface area contributed by atoms with Gasteiger partial charge >= 0.3 is 0 Å². The molecule has 3 N–H and O–H groups in total. The standard InChI is InChI=1S/C8H14N2S/c1-6-4-2-3-5-7(6)11-8(9)10/h7H,1-5H2,(H3,9,10). The largest absolute Gasteiger partial charge is 0.379 e. The Morgan fingerprint density at radius 2 is 2.36 bits per heavy atom. The molecule has 1 unspecified atom stereocenters. The van der Waals surface area contributed by atoms with Crippen LogP contribution in [0.1, 0.15) is 25.7 Å². The molecule has 62 valence electrons. The molecule has 0 bridgehead atoms. The van der Waals surface area contributed by atoms with Gasteiger partial charge in [0, 0.05) is 5.25 Å². The van der Waals surface area contributed by atoms with Crippen LogP contribution in [0.3, 0.4) is 0 Å². The molecular formula is C8H14N2S. The fourth-order valence-electron chi connectivity index (χ4n) is 1.34. The Balaban J connectivity index is 2.42. The third-order valence-corrected chi connectivity index (χ3v) is 3.05. The number of hydrogen-bond donors (Lipinski definition) is 2. The molecule has 0 aliphatic heterocycles. The fraction of sp³-hybridized carbons (Fsp3) is 0.625. The Labute approximate surface area is 71.7 Å². The molecule has 0 radical (unpaired) electrons. The Kier molecular flexibility index (Phi) is 3.00. The van der Waals surface area contributed by atoms with E-state index in [1.165, 1.54) is 30.2 Å². The average molecular weight is 170 g/mol.